The Morgan fingerprint density at radius 3 is 2.52 bits per heavy atom. The third-order valence-corrected chi connectivity index (χ3v) is 6.42. The van der Waals surface area contributed by atoms with Crippen molar-refractivity contribution in [1.82, 2.24) is 4.90 Å². The molecule has 0 spiro atoms. The molecule has 2 N–H and O–H groups in total. The van der Waals surface area contributed by atoms with Crippen LogP contribution in [0.4, 0.5) is 0 Å². The lowest BCUT2D eigenvalue weighted by Crippen LogP contribution is -2.62. The van der Waals surface area contributed by atoms with Crippen molar-refractivity contribution in [3.8, 4) is 0 Å². The highest BCUT2D eigenvalue weighted by molar-refractivity contribution is 6.30. The van der Waals surface area contributed by atoms with Crippen LogP contribution in [-0.4, -0.2) is 23.5 Å². The number of hydrogen-bond donors (Lipinski definition) is 1. The third kappa shape index (κ3) is 3.00. The van der Waals surface area contributed by atoms with Crippen molar-refractivity contribution in [3.05, 3.63) is 70.2 Å². The van der Waals surface area contributed by atoms with Crippen LogP contribution in [-0.2, 0) is 12.0 Å². The Hall–Kier alpha value is -1.06. The molecule has 2 atom stereocenters. The van der Waals surface area contributed by atoms with E-state index in [1.165, 1.54) is 16.7 Å². The highest BCUT2D eigenvalue weighted by atomic mass is 35.5. The number of nitrogens with zero attached hydrogens (tertiary/aromatic N) is 1. The lowest BCUT2D eigenvalue weighted by Gasteiger charge is -2.56. The molecule has 134 valence electrons. The number of rotatable bonds is 2. The van der Waals surface area contributed by atoms with Crippen molar-refractivity contribution in [2.24, 2.45) is 5.73 Å². The third-order valence-electron chi connectivity index (χ3n) is 6.17. The van der Waals surface area contributed by atoms with Crippen LogP contribution in [0.3, 0.4) is 0 Å². The van der Waals surface area contributed by atoms with Crippen molar-refractivity contribution >= 4 is 24.0 Å². The minimum Gasteiger partial charge on any atom is -0.325 e. The van der Waals surface area contributed by atoms with Crippen LogP contribution in [0.15, 0.2) is 48.5 Å². The van der Waals surface area contributed by atoms with Gasteiger partial charge >= 0.3 is 0 Å². The fourth-order valence-corrected chi connectivity index (χ4v) is 4.82. The second-order valence-corrected chi connectivity index (χ2v) is 7.84. The summed E-state index contributed by atoms with van der Waals surface area (Å²) in [7, 11) is 0. The second kappa shape index (κ2) is 6.92. The monoisotopic (exact) mass is 376 g/mol. The van der Waals surface area contributed by atoms with Crippen molar-refractivity contribution < 1.29 is 0 Å². The smallest absolute Gasteiger partial charge is 0.0736 e. The molecule has 0 saturated carbocycles. The number of hydrogen-bond acceptors (Lipinski definition) is 2. The summed E-state index contributed by atoms with van der Waals surface area (Å²) in [6.07, 6.45) is 4.17. The normalized spacial score (nSPS) is 28.6. The standard InChI is InChI=1S/C21H25ClN2.ClH/c1-2-20(23)12-14-24-13-11-16-5-3-4-6-19(16)21(24,15-20)17-7-9-18(22)10-8-17;/h3-10H,2,11-15,23H2,1H3;1H. The van der Waals surface area contributed by atoms with Crippen molar-refractivity contribution in [2.75, 3.05) is 13.1 Å². The first-order valence-electron chi connectivity index (χ1n) is 8.96. The molecule has 0 radical (unpaired) electrons. The maximum absolute atomic E-state index is 6.82. The van der Waals surface area contributed by atoms with Crippen molar-refractivity contribution in [3.63, 3.8) is 0 Å². The molecule has 0 bridgehead atoms. The minimum atomic E-state index is -0.123. The van der Waals surface area contributed by atoms with Gasteiger partial charge in [0.1, 0.15) is 0 Å². The summed E-state index contributed by atoms with van der Waals surface area (Å²) in [6.45, 7) is 4.38. The van der Waals surface area contributed by atoms with Gasteiger partial charge in [0, 0.05) is 23.7 Å². The lowest BCUT2D eigenvalue weighted by atomic mass is 9.65. The van der Waals surface area contributed by atoms with E-state index in [1.807, 2.05) is 12.1 Å². The molecule has 0 amide bonds. The van der Waals surface area contributed by atoms with E-state index in [9.17, 15) is 0 Å². The number of benzene rings is 2. The molecule has 2 aliphatic heterocycles. The zero-order valence-corrected chi connectivity index (χ0v) is 16.2. The van der Waals surface area contributed by atoms with E-state index in [2.05, 4.69) is 48.2 Å². The summed E-state index contributed by atoms with van der Waals surface area (Å²) in [5.41, 5.74) is 10.8. The average Bonchev–Trinajstić information content (AvgIpc) is 2.62. The van der Waals surface area contributed by atoms with Gasteiger partial charge in [0.25, 0.3) is 0 Å². The van der Waals surface area contributed by atoms with Gasteiger partial charge in [-0.3, -0.25) is 4.90 Å². The quantitative estimate of drug-likeness (QED) is 0.817. The summed E-state index contributed by atoms with van der Waals surface area (Å²) in [6, 6.07) is 17.3. The summed E-state index contributed by atoms with van der Waals surface area (Å²) in [4.78, 5) is 2.65. The fourth-order valence-electron chi connectivity index (χ4n) is 4.69. The fraction of sp³-hybridized carbons (Fsp3) is 0.429. The highest BCUT2D eigenvalue weighted by Gasteiger charge is 2.51. The van der Waals surface area contributed by atoms with Crippen molar-refractivity contribution in [1.29, 1.82) is 0 Å². The number of halogens is 2. The first kappa shape index (κ1) is 18.7. The molecule has 2 nitrogen and oxygen atoms in total. The van der Waals surface area contributed by atoms with Crippen LogP contribution >= 0.6 is 24.0 Å². The second-order valence-electron chi connectivity index (χ2n) is 7.40. The zero-order valence-electron chi connectivity index (χ0n) is 14.7. The van der Waals surface area contributed by atoms with Crippen LogP contribution in [0, 0.1) is 0 Å². The first-order valence-corrected chi connectivity index (χ1v) is 9.34. The predicted molar refractivity (Wildman–Crippen MR) is 108 cm³/mol. The topological polar surface area (TPSA) is 29.3 Å². The molecular weight excluding hydrogens is 351 g/mol. The van der Waals surface area contributed by atoms with E-state index in [4.69, 9.17) is 17.3 Å². The van der Waals surface area contributed by atoms with Crippen LogP contribution in [0.1, 0.15) is 42.9 Å². The molecule has 2 aliphatic rings. The first-order chi connectivity index (χ1) is 11.6. The Bertz CT molecular complexity index is 746. The van der Waals surface area contributed by atoms with E-state index in [1.54, 1.807) is 0 Å². The van der Waals surface area contributed by atoms with Gasteiger partial charge in [-0.2, -0.15) is 0 Å². The Labute approximate surface area is 161 Å². The maximum Gasteiger partial charge on any atom is 0.0736 e. The Balaban J connectivity index is 0.00000182. The van der Waals surface area contributed by atoms with E-state index in [0.29, 0.717) is 0 Å². The molecule has 2 heterocycles. The van der Waals surface area contributed by atoms with Gasteiger partial charge < -0.3 is 5.73 Å². The number of piperidine rings is 1. The van der Waals surface area contributed by atoms with E-state index < -0.39 is 0 Å². The summed E-state index contributed by atoms with van der Waals surface area (Å²) >= 11 is 6.17. The van der Waals surface area contributed by atoms with Crippen LogP contribution in [0.2, 0.25) is 5.02 Å². The van der Waals surface area contributed by atoms with E-state index >= 15 is 0 Å². The van der Waals surface area contributed by atoms with E-state index in [0.717, 1.165) is 43.8 Å². The van der Waals surface area contributed by atoms with Crippen LogP contribution < -0.4 is 5.73 Å². The maximum atomic E-state index is 6.82. The summed E-state index contributed by atoms with van der Waals surface area (Å²) in [5, 5.41) is 0.788. The summed E-state index contributed by atoms with van der Waals surface area (Å²) < 4.78 is 0. The van der Waals surface area contributed by atoms with Gasteiger partial charge in [-0.15, -0.1) is 12.4 Å². The van der Waals surface area contributed by atoms with Crippen LogP contribution in [0.25, 0.3) is 0 Å². The zero-order chi connectivity index (χ0) is 16.8. The molecule has 4 heteroatoms. The molecule has 0 aliphatic carbocycles. The molecular formula is C21H26Cl2N2. The molecule has 1 saturated heterocycles. The Morgan fingerprint density at radius 1 is 1.08 bits per heavy atom. The lowest BCUT2D eigenvalue weighted by molar-refractivity contribution is 0.0242. The largest absolute Gasteiger partial charge is 0.325 e. The highest BCUT2D eigenvalue weighted by Crippen LogP contribution is 2.50. The van der Waals surface area contributed by atoms with Gasteiger partial charge in [-0.05, 0) is 54.5 Å². The van der Waals surface area contributed by atoms with Gasteiger partial charge in [-0.25, -0.2) is 0 Å². The molecule has 4 rings (SSSR count). The molecule has 2 aromatic rings. The molecule has 25 heavy (non-hydrogen) atoms. The molecule has 1 fully saturated rings. The minimum absolute atomic E-state index is 0. The van der Waals surface area contributed by atoms with Crippen LogP contribution in [0.5, 0.6) is 0 Å². The van der Waals surface area contributed by atoms with Crippen molar-refractivity contribution in [2.45, 2.75) is 43.7 Å². The SMILES string of the molecule is CCC1(N)CCN2CCc3ccccc3C2(c2ccc(Cl)cc2)C1.Cl. The average molecular weight is 377 g/mol. The van der Waals surface area contributed by atoms with Gasteiger partial charge in [0.15, 0.2) is 0 Å². The Morgan fingerprint density at radius 2 is 1.80 bits per heavy atom. The number of fused-ring (bicyclic) bond motifs is 3. The molecule has 0 aromatic heterocycles. The van der Waals surface area contributed by atoms with Gasteiger partial charge in [0.05, 0.1) is 5.54 Å². The van der Waals surface area contributed by atoms with Gasteiger partial charge in [-0.1, -0.05) is 54.9 Å². The van der Waals surface area contributed by atoms with Gasteiger partial charge in [0.2, 0.25) is 0 Å². The Kier molecular flexibility index (Phi) is 5.18. The molecule has 2 unspecified atom stereocenters. The predicted octanol–water partition coefficient (Wildman–Crippen LogP) is 4.76. The van der Waals surface area contributed by atoms with E-state index in [-0.39, 0.29) is 23.5 Å². The summed E-state index contributed by atoms with van der Waals surface area (Å²) in [5.74, 6) is 0. The molecule has 2 aromatic carbocycles. The number of nitrogens with two attached hydrogens (primary N) is 1.